The van der Waals surface area contributed by atoms with Crippen molar-refractivity contribution in [1.29, 1.82) is 0 Å². The molecule has 0 aromatic carbocycles. The van der Waals surface area contributed by atoms with Gasteiger partial charge in [-0.05, 0) is 40.7 Å². The van der Waals surface area contributed by atoms with Gasteiger partial charge in [0.05, 0.1) is 18.1 Å². The minimum Gasteiger partial charge on any atom is -0.383 e. The van der Waals surface area contributed by atoms with E-state index in [0.717, 1.165) is 46.6 Å². The Morgan fingerprint density at radius 3 is 2.50 bits per heavy atom. The molecule has 6 heteroatoms. The van der Waals surface area contributed by atoms with Crippen molar-refractivity contribution in [3.05, 3.63) is 34.4 Å². The maximum absolute atomic E-state index is 12.6. The molecule has 5 nitrogen and oxygen atoms in total. The molecular weight excluding hydrogens is 322 g/mol. The van der Waals surface area contributed by atoms with Crippen LogP contribution in [-0.4, -0.2) is 39.4 Å². The molecule has 0 aliphatic heterocycles. The van der Waals surface area contributed by atoms with Gasteiger partial charge in [0.25, 0.3) is 0 Å². The van der Waals surface area contributed by atoms with Gasteiger partial charge < -0.3 is 13.9 Å². The van der Waals surface area contributed by atoms with E-state index in [9.17, 15) is 4.79 Å². The first kappa shape index (κ1) is 18.8. The second kappa shape index (κ2) is 8.03. The standard InChI is InChI=1S/C18H27N3O2S/c1-7-20-12(2)10-16(15(20)5)17(22)11-24-18-19-13(3)14(4)21(18)8-9-23-6/h10H,7-9,11H2,1-6H3. The Morgan fingerprint density at radius 2 is 1.92 bits per heavy atom. The number of carbonyl (C=O) groups excluding carboxylic acids is 1. The van der Waals surface area contributed by atoms with E-state index < -0.39 is 0 Å². The van der Waals surface area contributed by atoms with Gasteiger partial charge >= 0.3 is 0 Å². The van der Waals surface area contributed by atoms with Crippen molar-refractivity contribution in [1.82, 2.24) is 14.1 Å². The van der Waals surface area contributed by atoms with Gasteiger partial charge in [-0.15, -0.1) is 0 Å². The van der Waals surface area contributed by atoms with E-state index in [1.807, 2.05) is 26.8 Å². The van der Waals surface area contributed by atoms with Crippen LogP contribution in [0.5, 0.6) is 0 Å². The molecule has 0 radical (unpaired) electrons. The molecule has 0 unspecified atom stereocenters. The highest BCUT2D eigenvalue weighted by atomic mass is 32.2. The zero-order valence-electron chi connectivity index (χ0n) is 15.5. The number of nitrogens with zero attached hydrogens (tertiary/aromatic N) is 3. The number of rotatable bonds is 8. The highest BCUT2D eigenvalue weighted by Gasteiger charge is 2.17. The van der Waals surface area contributed by atoms with E-state index in [0.29, 0.717) is 12.4 Å². The van der Waals surface area contributed by atoms with Crippen LogP contribution in [0.3, 0.4) is 0 Å². The summed E-state index contributed by atoms with van der Waals surface area (Å²) in [6.45, 7) is 12.5. The van der Waals surface area contributed by atoms with Gasteiger partial charge in [0.1, 0.15) is 0 Å². The molecule has 0 saturated heterocycles. The minimum atomic E-state index is 0.157. The number of ketones is 1. The van der Waals surface area contributed by atoms with Gasteiger partial charge in [0, 0.05) is 42.8 Å². The summed E-state index contributed by atoms with van der Waals surface area (Å²) in [6.07, 6.45) is 0. The molecule has 0 N–H and O–H groups in total. The molecule has 2 rings (SSSR count). The second-order valence-electron chi connectivity index (χ2n) is 5.95. The summed E-state index contributed by atoms with van der Waals surface area (Å²) in [4.78, 5) is 17.2. The van der Waals surface area contributed by atoms with Crippen molar-refractivity contribution in [3.63, 3.8) is 0 Å². The molecule has 0 saturated carbocycles. The van der Waals surface area contributed by atoms with Gasteiger partial charge in [-0.25, -0.2) is 4.98 Å². The first-order valence-electron chi connectivity index (χ1n) is 8.26. The number of hydrogen-bond acceptors (Lipinski definition) is 4. The Balaban J connectivity index is 2.13. The predicted octanol–water partition coefficient (Wildman–Crippen LogP) is 3.56. The summed E-state index contributed by atoms with van der Waals surface area (Å²) in [7, 11) is 1.69. The Kier molecular flexibility index (Phi) is 6.29. The van der Waals surface area contributed by atoms with Crippen molar-refractivity contribution in [2.75, 3.05) is 19.5 Å². The maximum atomic E-state index is 12.6. The zero-order chi connectivity index (χ0) is 17.9. The topological polar surface area (TPSA) is 49.0 Å². The normalized spacial score (nSPS) is 11.2. The average Bonchev–Trinajstić information content (AvgIpc) is 2.99. The SMILES string of the molecule is CCn1c(C)cc(C(=O)CSc2nc(C)c(C)n2CCOC)c1C. The molecule has 2 aromatic heterocycles. The smallest absolute Gasteiger partial charge is 0.175 e. The third-order valence-electron chi connectivity index (χ3n) is 4.46. The summed E-state index contributed by atoms with van der Waals surface area (Å²) in [5, 5.41) is 0.889. The summed E-state index contributed by atoms with van der Waals surface area (Å²) in [5.41, 5.74) is 5.15. The van der Waals surface area contributed by atoms with E-state index in [2.05, 4.69) is 28.0 Å². The number of methoxy groups -OCH3 is 1. The molecular formula is C18H27N3O2S. The molecule has 132 valence electrons. The summed E-state index contributed by atoms with van der Waals surface area (Å²) < 4.78 is 9.48. The fourth-order valence-electron chi connectivity index (χ4n) is 2.96. The Morgan fingerprint density at radius 1 is 1.21 bits per heavy atom. The Bertz CT molecular complexity index is 731. The van der Waals surface area contributed by atoms with Crippen molar-refractivity contribution in [2.24, 2.45) is 0 Å². The van der Waals surface area contributed by atoms with E-state index in [-0.39, 0.29) is 5.78 Å². The third-order valence-corrected chi connectivity index (χ3v) is 5.44. The number of carbonyl (C=O) groups is 1. The van der Waals surface area contributed by atoms with Crippen LogP contribution in [-0.2, 0) is 17.8 Å². The lowest BCUT2D eigenvalue weighted by Crippen LogP contribution is -2.09. The first-order chi connectivity index (χ1) is 11.4. The van der Waals surface area contributed by atoms with Crippen molar-refractivity contribution < 1.29 is 9.53 Å². The number of aryl methyl sites for hydroxylation is 2. The Labute approximate surface area is 148 Å². The Hall–Kier alpha value is -1.53. The van der Waals surface area contributed by atoms with Crippen LogP contribution in [0.1, 0.15) is 40.1 Å². The highest BCUT2D eigenvalue weighted by Crippen LogP contribution is 2.24. The number of ether oxygens (including phenoxy) is 1. The molecule has 0 amide bonds. The van der Waals surface area contributed by atoms with Crippen LogP contribution in [0.15, 0.2) is 11.2 Å². The van der Waals surface area contributed by atoms with Crippen molar-refractivity contribution >= 4 is 17.5 Å². The fourth-order valence-corrected chi connectivity index (χ4v) is 3.96. The lowest BCUT2D eigenvalue weighted by Gasteiger charge is -2.09. The summed E-state index contributed by atoms with van der Waals surface area (Å²) in [6, 6.07) is 2.00. The van der Waals surface area contributed by atoms with Crippen LogP contribution in [0.4, 0.5) is 0 Å². The van der Waals surface area contributed by atoms with Gasteiger partial charge in [0.15, 0.2) is 10.9 Å². The van der Waals surface area contributed by atoms with E-state index in [1.165, 1.54) is 11.8 Å². The van der Waals surface area contributed by atoms with Crippen LogP contribution < -0.4 is 0 Å². The van der Waals surface area contributed by atoms with Crippen LogP contribution >= 0.6 is 11.8 Å². The van der Waals surface area contributed by atoms with Crippen molar-refractivity contribution in [3.8, 4) is 0 Å². The largest absolute Gasteiger partial charge is 0.383 e. The lowest BCUT2D eigenvalue weighted by atomic mass is 10.2. The van der Waals surface area contributed by atoms with Gasteiger partial charge in [-0.1, -0.05) is 11.8 Å². The molecule has 0 fully saturated rings. The third kappa shape index (κ3) is 3.75. The number of imidazole rings is 1. The molecule has 0 aliphatic carbocycles. The number of thioether (sulfide) groups is 1. The quantitative estimate of drug-likeness (QED) is 0.540. The predicted molar refractivity (Wildman–Crippen MR) is 98.2 cm³/mol. The van der Waals surface area contributed by atoms with Crippen molar-refractivity contribution in [2.45, 2.75) is 52.9 Å². The molecule has 0 bridgehead atoms. The van der Waals surface area contributed by atoms with E-state index >= 15 is 0 Å². The second-order valence-corrected chi connectivity index (χ2v) is 6.89. The average molecular weight is 350 g/mol. The van der Waals surface area contributed by atoms with E-state index in [4.69, 9.17) is 4.74 Å². The molecule has 0 spiro atoms. The lowest BCUT2D eigenvalue weighted by molar-refractivity contribution is 0.102. The maximum Gasteiger partial charge on any atom is 0.175 e. The molecule has 0 aliphatic rings. The summed E-state index contributed by atoms with van der Waals surface area (Å²) >= 11 is 1.50. The summed E-state index contributed by atoms with van der Waals surface area (Å²) in [5.74, 6) is 0.557. The van der Waals surface area contributed by atoms with Gasteiger partial charge in [0.2, 0.25) is 0 Å². The van der Waals surface area contributed by atoms with Gasteiger partial charge in [-0.3, -0.25) is 4.79 Å². The monoisotopic (exact) mass is 349 g/mol. The van der Waals surface area contributed by atoms with Crippen LogP contribution in [0.2, 0.25) is 0 Å². The number of Topliss-reactive ketones (excluding diaryl/α,β-unsaturated/α-hetero) is 1. The van der Waals surface area contributed by atoms with Crippen LogP contribution in [0.25, 0.3) is 0 Å². The number of hydrogen-bond donors (Lipinski definition) is 0. The van der Waals surface area contributed by atoms with Gasteiger partial charge in [-0.2, -0.15) is 0 Å². The molecule has 2 aromatic rings. The molecule has 0 atom stereocenters. The fraction of sp³-hybridized carbons (Fsp3) is 0.556. The van der Waals surface area contributed by atoms with Crippen LogP contribution in [0, 0.1) is 27.7 Å². The highest BCUT2D eigenvalue weighted by molar-refractivity contribution is 7.99. The minimum absolute atomic E-state index is 0.157. The van der Waals surface area contributed by atoms with E-state index in [1.54, 1.807) is 7.11 Å². The molecule has 24 heavy (non-hydrogen) atoms. The number of aromatic nitrogens is 3. The first-order valence-corrected chi connectivity index (χ1v) is 9.24. The zero-order valence-corrected chi connectivity index (χ0v) is 16.3. The molecule has 2 heterocycles.